The number of carbonyl (C=O) groups is 2. The molecule has 662 valence electrons. The summed E-state index contributed by atoms with van der Waals surface area (Å²) in [4.78, 5) is 23.7. The van der Waals surface area contributed by atoms with Crippen molar-refractivity contribution < 1.29 is 60.3 Å². The number of aryl methyl sites for hydroxylation is 4. The minimum atomic E-state index is -4.36. The van der Waals surface area contributed by atoms with E-state index < -0.39 is 23.9 Å². The van der Waals surface area contributed by atoms with Crippen LogP contribution in [0.2, 0.25) is 10.0 Å². The van der Waals surface area contributed by atoms with Gasteiger partial charge in [0.15, 0.2) is 11.5 Å². The lowest BCUT2D eigenvalue weighted by Crippen LogP contribution is -2.13. The molecule has 0 spiro atoms. The van der Waals surface area contributed by atoms with Crippen LogP contribution in [0, 0.1) is 80.7 Å². The molecular weight excluding hydrogens is 1720 g/mol. The lowest BCUT2D eigenvalue weighted by atomic mass is 10.1. The molecular formula is C103H84Cl2F4N14O9. The molecule has 6 aromatic heterocycles. The number of nitrogens with zero attached hydrogens (tertiary/aromatic N) is 12. The highest BCUT2D eigenvalue weighted by atomic mass is 35.5. The standard InChI is InChI=1S/C26H23N3O3.C21H21N3O3.C17H11FN2O2.C16H11ClN2O.C12H9F3N2.C11H9ClN2/c1-3-29-24-15-21(31-2)13-14-22(24)23(16-27)25(29)19-9-11-20(12-10-19)28-26(30)32-17-18-7-5-4-6-8-18;1-4-24-19-12-16(26-3)10-11-17(19)18(13-22)20(24)14-6-8-15(9-7-14)23-21(25)27-5-2;1-10-14(8-19)13-4-2-11(18)6-15(13)20(10)12-3-5-16-17(7-12)22-9-21-16;1-20-14-5-3-13(4-6-14)19-10-11(9-18)15-7-2-12(17)8-16(15)19;1-2-17-7-8(6-16)10-4-3-9(5-11(10)17)12(13,14)15;1-2-14-7-8(6-13)10-5-9(12)3-4-11(10)14/h4-15H,3,17H2,1-2H3,(H,28,30);6-12H,4-5H2,1-3H3,(H,23,25);2-7H,9H2,1H3;2-8,10H,1H3;3-5,7H,2H2,1H3;3-5,7H,2H2,1H3. The van der Waals surface area contributed by atoms with Crippen LogP contribution in [0.4, 0.5) is 38.5 Å². The maximum Gasteiger partial charge on any atom is 0.416 e. The first-order chi connectivity index (χ1) is 63.9. The Morgan fingerprint density at radius 3 is 1.46 bits per heavy atom. The summed E-state index contributed by atoms with van der Waals surface area (Å²) >= 11 is 11.9. The number of carbonyl (C=O) groups excluding carboxylic acids is 2. The van der Waals surface area contributed by atoms with Crippen molar-refractivity contribution >= 4 is 112 Å². The summed E-state index contributed by atoms with van der Waals surface area (Å²) in [5.74, 6) is 3.28. The molecule has 1 aliphatic rings. The summed E-state index contributed by atoms with van der Waals surface area (Å²) in [7, 11) is 4.89. The van der Waals surface area contributed by atoms with Gasteiger partial charge in [-0.05, 0) is 204 Å². The van der Waals surface area contributed by atoms with Crippen molar-refractivity contribution in [1.29, 1.82) is 31.6 Å². The fourth-order valence-electron chi connectivity index (χ4n) is 15.6. The van der Waals surface area contributed by atoms with Crippen LogP contribution in [-0.2, 0) is 48.4 Å². The highest BCUT2D eigenvalue weighted by molar-refractivity contribution is 6.31. The highest BCUT2D eigenvalue weighted by Gasteiger charge is 2.32. The number of anilines is 2. The van der Waals surface area contributed by atoms with Crippen molar-refractivity contribution in [1.82, 2.24) is 27.4 Å². The number of amides is 2. The number of halogens is 6. The smallest absolute Gasteiger partial charge is 0.416 e. The van der Waals surface area contributed by atoms with Crippen LogP contribution >= 0.6 is 23.2 Å². The Balaban J connectivity index is 0.000000137. The Bertz CT molecular complexity index is 7440. The fraction of sp³-hybridized carbons (Fsp3) is 0.165. The average Bonchev–Trinajstić information content (AvgIpc) is 1.60. The van der Waals surface area contributed by atoms with Crippen molar-refractivity contribution in [2.45, 2.75) is 80.5 Å². The number of alkyl halides is 3. The van der Waals surface area contributed by atoms with Crippen molar-refractivity contribution in [2.75, 3.05) is 45.4 Å². The van der Waals surface area contributed by atoms with Gasteiger partial charge in [-0.3, -0.25) is 10.6 Å². The molecule has 0 unspecified atom stereocenters. The summed E-state index contributed by atoms with van der Waals surface area (Å²) in [6.07, 6.45) is -0.106. The highest BCUT2D eigenvalue weighted by Crippen LogP contribution is 2.42. The average molecular weight is 1810 g/mol. The number of benzene rings is 11. The molecule has 0 saturated carbocycles. The minimum absolute atomic E-state index is 0.197. The zero-order chi connectivity index (χ0) is 94.0. The summed E-state index contributed by atoms with van der Waals surface area (Å²) in [5.41, 5.74) is 16.0. The summed E-state index contributed by atoms with van der Waals surface area (Å²) in [5, 5.41) is 67.7. The van der Waals surface area contributed by atoms with Gasteiger partial charge in [0.1, 0.15) is 66.1 Å². The van der Waals surface area contributed by atoms with E-state index in [0.717, 1.165) is 130 Å². The number of hydrogen-bond donors (Lipinski definition) is 2. The monoisotopic (exact) mass is 1810 g/mol. The molecule has 0 saturated heterocycles. The van der Waals surface area contributed by atoms with Gasteiger partial charge in [-0.25, -0.2) is 14.0 Å². The van der Waals surface area contributed by atoms with Gasteiger partial charge < -0.3 is 60.6 Å². The fourth-order valence-corrected chi connectivity index (χ4v) is 15.9. The zero-order valence-electron chi connectivity index (χ0n) is 72.9. The largest absolute Gasteiger partial charge is 0.497 e. The van der Waals surface area contributed by atoms with E-state index in [2.05, 4.69) is 57.0 Å². The lowest BCUT2D eigenvalue weighted by molar-refractivity contribution is -0.137. The van der Waals surface area contributed by atoms with Gasteiger partial charge >= 0.3 is 18.4 Å². The maximum absolute atomic E-state index is 13.7. The molecule has 0 bridgehead atoms. The van der Waals surface area contributed by atoms with E-state index >= 15 is 0 Å². The first kappa shape index (κ1) is 93.1. The van der Waals surface area contributed by atoms with E-state index in [9.17, 15) is 48.2 Å². The van der Waals surface area contributed by atoms with Gasteiger partial charge in [0.05, 0.1) is 100 Å². The van der Waals surface area contributed by atoms with Gasteiger partial charge in [-0.15, -0.1) is 0 Å². The summed E-state index contributed by atoms with van der Waals surface area (Å²) < 4.78 is 99.8. The number of fused-ring (bicyclic) bond motifs is 7. The van der Waals surface area contributed by atoms with Crippen LogP contribution in [0.5, 0.6) is 28.7 Å². The molecule has 0 aliphatic carbocycles. The first-order valence-corrected chi connectivity index (χ1v) is 42.2. The quantitative estimate of drug-likeness (QED) is 0.0850. The van der Waals surface area contributed by atoms with Crippen molar-refractivity contribution in [2.24, 2.45) is 0 Å². The van der Waals surface area contributed by atoms with E-state index in [1.165, 1.54) is 18.2 Å². The Morgan fingerprint density at radius 2 is 0.924 bits per heavy atom. The summed E-state index contributed by atoms with van der Waals surface area (Å²) in [6.45, 7) is 15.1. The first-order valence-electron chi connectivity index (χ1n) is 41.5. The predicted molar refractivity (Wildman–Crippen MR) is 503 cm³/mol. The number of hydrogen-bond acceptors (Lipinski definition) is 15. The Hall–Kier alpha value is -16.6. The number of nitrogens with one attached hydrogen (secondary N) is 2. The van der Waals surface area contributed by atoms with Crippen LogP contribution in [0.15, 0.2) is 249 Å². The number of rotatable bonds is 16. The van der Waals surface area contributed by atoms with E-state index in [-0.39, 0.29) is 19.2 Å². The van der Waals surface area contributed by atoms with Crippen LogP contribution < -0.4 is 34.3 Å². The third kappa shape index (κ3) is 20.2. The molecule has 18 rings (SSSR count). The topological polar surface area (TPSA) is 295 Å². The van der Waals surface area contributed by atoms with Crippen molar-refractivity contribution in [3.63, 3.8) is 0 Å². The van der Waals surface area contributed by atoms with Crippen LogP contribution in [0.25, 0.3) is 99.3 Å². The second kappa shape index (κ2) is 41.9. The van der Waals surface area contributed by atoms with Gasteiger partial charge in [0.25, 0.3) is 0 Å². The third-order valence-corrected chi connectivity index (χ3v) is 22.3. The molecule has 2 amide bonds. The van der Waals surface area contributed by atoms with Gasteiger partial charge in [0.2, 0.25) is 6.79 Å². The van der Waals surface area contributed by atoms with Crippen LogP contribution in [0.1, 0.15) is 84.8 Å². The van der Waals surface area contributed by atoms with Gasteiger partial charge in [0, 0.05) is 145 Å². The van der Waals surface area contributed by atoms with E-state index in [0.29, 0.717) is 109 Å². The van der Waals surface area contributed by atoms with E-state index in [1.54, 1.807) is 75.4 Å². The number of nitriles is 6. The maximum atomic E-state index is 13.7. The minimum Gasteiger partial charge on any atom is -0.497 e. The Labute approximate surface area is 767 Å². The second-order valence-corrected chi connectivity index (χ2v) is 30.2. The third-order valence-electron chi connectivity index (χ3n) is 21.8. The molecule has 0 atom stereocenters. The molecule has 0 fully saturated rings. The molecule has 0 radical (unpaired) electrons. The van der Waals surface area contributed by atoms with Crippen molar-refractivity contribution in [3.8, 4) is 99.1 Å². The molecule has 2 N–H and O–H groups in total. The van der Waals surface area contributed by atoms with Gasteiger partial charge in [-0.2, -0.15) is 44.7 Å². The second-order valence-electron chi connectivity index (χ2n) is 29.4. The molecule has 1 aliphatic heterocycles. The predicted octanol–water partition coefficient (Wildman–Crippen LogP) is 25.3. The van der Waals surface area contributed by atoms with Gasteiger partial charge in [-0.1, -0.05) is 89.9 Å². The molecule has 23 nitrogen and oxygen atoms in total. The normalized spacial score (nSPS) is 11.0. The number of methoxy groups -OCH3 is 3. The molecule has 7 heterocycles. The molecule has 17 aromatic rings. The zero-order valence-corrected chi connectivity index (χ0v) is 74.4. The number of ether oxygens (including phenoxy) is 7. The molecule has 11 aromatic carbocycles. The molecule has 29 heteroatoms. The van der Waals surface area contributed by atoms with E-state index in [4.69, 9.17) is 66.9 Å². The SMILES string of the molecule is CCOC(=O)Nc1ccc(-c2c(C#N)c3ccc(OC)cc3n2CC)cc1.CCn1c(-c2ccc(NC(=O)OCc3ccccc3)cc2)c(C#N)c2ccc(OC)cc21.CCn1cc(C#N)c2cc(Cl)ccc21.CCn1cc(C#N)c2ccc(C(F)(F)F)cc21.COc1ccc(-n2cc(C#N)c3ccc(Cl)cc32)cc1.Cc1c(C#N)c2ccc(F)cc2n1-c1ccc2c(c1)OCO2. The number of aromatic nitrogens is 6. The summed E-state index contributed by atoms with van der Waals surface area (Å²) in [6, 6.07) is 81.2. The Morgan fingerprint density at radius 1 is 0.439 bits per heavy atom. The molecule has 132 heavy (non-hydrogen) atoms. The Kier molecular flexibility index (Phi) is 29.6. The van der Waals surface area contributed by atoms with Crippen LogP contribution in [-0.4, -0.2) is 74.3 Å². The van der Waals surface area contributed by atoms with Crippen molar-refractivity contribution in [3.05, 3.63) is 315 Å². The van der Waals surface area contributed by atoms with E-state index in [1.807, 2.05) is 224 Å². The lowest BCUT2D eigenvalue weighted by Gasteiger charge is -2.11. The van der Waals surface area contributed by atoms with Crippen LogP contribution in [0.3, 0.4) is 0 Å².